The zero-order valence-corrected chi connectivity index (χ0v) is 23.5. The zero-order valence-electron chi connectivity index (χ0n) is 22.7. The van der Waals surface area contributed by atoms with Gasteiger partial charge in [-0.3, -0.25) is 9.59 Å². The fourth-order valence-electron chi connectivity index (χ4n) is 5.72. The normalized spacial score (nSPS) is 18.5. The highest BCUT2D eigenvalue weighted by Crippen LogP contribution is 2.48. The van der Waals surface area contributed by atoms with Gasteiger partial charge in [0.05, 0.1) is 11.3 Å². The van der Waals surface area contributed by atoms with E-state index in [9.17, 15) is 18.0 Å². The number of ether oxygens (including phenoxy) is 1. The Hall–Kier alpha value is -3.13. The number of esters is 1. The number of carbonyl (C=O) groups excluding carboxylic acids is 2. The first kappa shape index (κ1) is 27.9. The molecule has 8 heteroatoms. The summed E-state index contributed by atoms with van der Waals surface area (Å²) in [4.78, 5) is 35.5. The second kappa shape index (κ2) is 10.6. The molecule has 202 valence electrons. The highest BCUT2D eigenvalue weighted by molar-refractivity contribution is 7.90. The van der Waals surface area contributed by atoms with Crippen LogP contribution in [0.25, 0.3) is 10.9 Å². The second-order valence-corrected chi connectivity index (χ2v) is 13.2. The monoisotopic (exact) mass is 536 g/mol. The smallest absolute Gasteiger partial charge is 0.318 e. The number of carbonyl (C=O) groups is 2. The summed E-state index contributed by atoms with van der Waals surface area (Å²) in [5.41, 5.74) is 0.295. The Morgan fingerprint density at radius 1 is 1.00 bits per heavy atom. The molecule has 2 aromatic carbocycles. The quantitative estimate of drug-likeness (QED) is 0.193. The van der Waals surface area contributed by atoms with Gasteiger partial charge >= 0.3 is 5.97 Å². The summed E-state index contributed by atoms with van der Waals surface area (Å²) in [6, 6.07) is 14.4. The number of fused-ring (bicyclic) bond motifs is 1. The molecule has 1 aliphatic heterocycles. The maximum Gasteiger partial charge on any atom is 0.318 e. The summed E-state index contributed by atoms with van der Waals surface area (Å²) in [5.74, 6) is -2.36. The predicted octanol–water partition coefficient (Wildman–Crippen LogP) is 5.81. The third-order valence-electron chi connectivity index (χ3n) is 7.27. The van der Waals surface area contributed by atoms with E-state index < -0.39 is 38.7 Å². The Labute approximate surface area is 225 Å². The molecule has 3 aromatic rings. The minimum atomic E-state index is -3.84. The lowest BCUT2D eigenvalue weighted by atomic mass is 9.66. The average Bonchev–Trinajstić information content (AvgIpc) is 3.08. The van der Waals surface area contributed by atoms with Crippen molar-refractivity contribution in [3.05, 3.63) is 65.9 Å². The van der Waals surface area contributed by atoms with Crippen LogP contribution in [0.2, 0.25) is 0 Å². The zero-order chi connectivity index (χ0) is 27.7. The van der Waals surface area contributed by atoms with Crippen LogP contribution >= 0.6 is 0 Å². The standard InChI is InChI=1S/C30H36N2O5S/c1-6-15-30(16-7-2)26(33)24(27(34)37-30)25(29(3,4)5)21-13-10-11-20(17-21)19-38(35,36)28-31-18-22-12-8-9-14-23(22)32-28/h8-14,17-18,24-25H,6-7,15-16,19H2,1-5H3. The van der Waals surface area contributed by atoms with Gasteiger partial charge in [-0.2, -0.15) is 0 Å². The predicted molar refractivity (Wildman–Crippen MR) is 146 cm³/mol. The van der Waals surface area contributed by atoms with Crippen molar-refractivity contribution in [2.45, 2.75) is 82.7 Å². The van der Waals surface area contributed by atoms with Gasteiger partial charge in [0.25, 0.3) is 0 Å². The maximum atomic E-state index is 13.8. The lowest BCUT2D eigenvalue weighted by molar-refractivity contribution is -0.154. The summed E-state index contributed by atoms with van der Waals surface area (Å²) in [5, 5.41) is 0.532. The van der Waals surface area contributed by atoms with E-state index in [0.29, 0.717) is 23.9 Å². The van der Waals surface area contributed by atoms with Crippen LogP contribution in [0.3, 0.4) is 0 Å². The van der Waals surface area contributed by atoms with Gasteiger partial charge in [-0.15, -0.1) is 0 Å². The van der Waals surface area contributed by atoms with E-state index in [4.69, 9.17) is 4.74 Å². The SMILES string of the molecule is CCCC1(CCC)OC(=O)C(C(c2cccc(CS(=O)(=O)c3ncc4ccccc4n3)c2)C(C)(C)C)C1=O. The highest BCUT2D eigenvalue weighted by atomic mass is 32.2. The molecule has 0 aliphatic carbocycles. The van der Waals surface area contributed by atoms with Gasteiger partial charge in [0, 0.05) is 17.5 Å². The number of nitrogens with zero attached hydrogens (tertiary/aromatic N) is 2. The van der Waals surface area contributed by atoms with Crippen LogP contribution in [0.5, 0.6) is 0 Å². The van der Waals surface area contributed by atoms with Crippen LogP contribution in [-0.2, 0) is 29.9 Å². The van der Waals surface area contributed by atoms with Crippen LogP contribution in [0, 0.1) is 11.3 Å². The summed E-state index contributed by atoms with van der Waals surface area (Å²) in [6.45, 7) is 9.94. The molecule has 0 amide bonds. The number of hydrogen-bond donors (Lipinski definition) is 0. The molecule has 1 aliphatic rings. The van der Waals surface area contributed by atoms with Gasteiger partial charge in [-0.25, -0.2) is 18.4 Å². The van der Waals surface area contributed by atoms with Crippen molar-refractivity contribution < 1.29 is 22.7 Å². The second-order valence-electron chi connectivity index (χ2n) is 11.3. The Balaban J connectivity index is 1.69. The van der Waals surface area contributed by atoms with Crippen LogP contribution < -0.4 is 0 Å². The van der Waals surface area contributed by atoms with Gasteiger partial charge in [0.15, 0.2) is 11.4 Å². The third-order valence-corrected chi connectivity index (χ3v) is 8.73. The van der Waals surface area contributed by atoms with E-state index >= 15 is 0 Å². The Kier molecular flexibility index (Phi) is 7.75. The van der Waals surface area contributed by atoms with E-state index in [2.05, 4.69) is 9.97 Å². The number of ketones is 1. The van der Waals surface area contributed by atoms with E-state index in [-0.39, 0.29) is 16.7 Å². The van der Waals surface area contributed by atoms with Crippen LogP contribution in [0.4, 0.5) is 0 Å². The molecule has 0 bridgehead atoms. The topological polar surface area (TPSA) is 103 Å². The number of hydrogen-bond acceptors (Lipinski definition) is 7. The van der Waals surface area contributed by atoms with Crippen molar-refractivity contribution >= 4 is 32.5 Å². The molecule has 1 saturated heterocycles. The van der Waals surface area contributed by atoms with Crippen molar-refractivity contribution in [3.63, 3.8) is 0 Å². The number of sulfone groups is 1. The van der Waals surface area contributed by atoms with Crippen molar-refractivity contribution in [1.82, 2.24) is 9.97 Å². The van der Waals surface area contributed by atoms with Crippen molar-refractivity contribution in [3.8, 4) is 0 Å². The first-order valence-electron chi connectivity index (χ1n) is 13.2. The molecule has 0 spiro atoms. The minimum Gasteiger partial charge on any atom is -0.450 e. The molecule has 0 N–H and O–H groups in total. The molecular formula is C30H36N2O5S. The molecule has 0 radical (unpaired) electrons. The van der Waals surface area contributed by atoms with Gasteiger partial charge in [0.1, 0.15) is 5.92 Å². The molecule has 4 rings (SSSR count). The number of rotatable bonds is 9. The Morgan fingerprint density at radius 3 is 2.34 bits per heavy atom. The summed E-state index contributed by atoms with van der Waals surface area (Å²) < 4.78 is 32.4. The molecule has 2 unspecified atom stereocenters. The van der Waals surface area contributed by atoms with Gasteiger partial charge in [-0.1, -0.05) is 89.9 Å². The Bertz CT molecular complexity index is 1450. The van der Waals surface area contributed by atoms with E-state index in [0.717, 1.165) is 23.8 Å². The van der Waals surface area contributed by atoms with Gasteiger partial charge in [0.2, 0.25) is 15.0 Å². The number of para-hydroxylation sites is 1. The van der Waals surface area contributed by atoms with E-state index in [1.54, 1.807) is 30.3 Å². The molecule has 38 heavy (non-hydrogen) atoms. The number of Topliss-reactive ketones (excluding diaryl/α,β-unsaturated/α-hetero) is 1. The summed E-state index contributed by atoms with van der Waals surface area (Å²) in [7, 11) is -3.84. The van der Waals surface area contributed by atoms with Crippen LogP contribution in [-0.4, -0.2) is 35.7 Å². The molecule has 0 saturated carbocycles. The first-order valence-corrected chi connectivity index (χ1v) is 14.9. The average molecular weight is 537 g/mol. The third kappa shape index (κ3) is 5.37. The lowest BCUT2D eigenvalue weighted by Gasteiger charge is -2.34. The molecule has 1 fully saturated rings. The maximum absolute atomic E-state index is 13.8. The first-order chi connectivity index (χ1) is 17.9. The molecule has 7 nitrogen and oxygen atoms in total. The summed E-state index contributed by atoms with van der Waals surface area (Å²) in [6.07, 6.45) is 3.98. The van der Waals surface area contributed by atoms with Crippen LogP contribution in [0.1, 0.15) is 77.3 Å². The number of benzene rings is 2. The minimum absolute atomic E-state index is 0.159. The summed E-state index contributed by atoms with van der Waals surface area (Å²) >= 11 is 0. The molecule has 2 heterocycles. The van der Waals surface area contributed by atoms with Crippen LogP contribution in [0.15, 0.2) is 59.9 Å². The fraction of sp³-hybridized carbons (Fsp3) is 0.467. The number of aromatic nitrogens is 2. The van der Waals surface area contributed by atoms with Gasteiger partial charge in [-0.05, 0) is 35.4 Å². The van der Waals surface area contributed by atoms with E-state index in [1.807, 2.05) is 52.8 Å². The largest absolute Gasteiger partial charge is 0.450 e. The van der Waals surface area contributed by atoms with Crippen molar-refractivity contribution in [1.29, 1.82) is 0 Å². The fourth-order valence-corrected chi connectivity index (χ4v) is 6.92. The number of cyclic esters (lactones) is 1. The lowest BCUT2D eigenvalue weighted by Crippen LogP contribution is -2.40. The van der Waals surface area contributed by atoms with Crippen molar-refractivity contribution in [2.75, 3.05) is 0 Å². The highest BCUT2D eigenvalue weighted by Gasteiger charge is 2.58. The van der Waals surface area contributed by atoms with E-state index in [1.165, 1.54) is 6.20 Å². The van der Waals surface area contributed by atoms with Crippen molar-refractivity contribution in [2.24, 2.45) is 11.3 Å². The van der Waals surface area contributed by atoms with Gasteiger partial charge < -0.3 is 4.74 Å². The molecule has 1 aromatic heterocycles. The molecular weight excluding hydrogens is 500 g/mol. The Morgan fingerprint density at radius 2 is 1.68 bits per heavy atom. The molecule has 2 atom stereocenters.